The zero-order valence-corrected chi connectivity index (χ0v) is 11.6. The molecule has 2 N–H and O–H groups in total. The molecule has 4 nitrogen and oxygen atoms in total. The van der Waals surface area contributed by atoms with Gasteiger partial charge in [0.15, 0.2) is 0 Å². The minimum Gasteiger partial charge on any atom is -0.478 e. The predicted octanol–water partition coefficient (Wildman–Crippen LogP) is 2.62. The van der Waals surface area contributed by atoms with E-state index in [2.05, 4.69) is 5.32 Å². The molecule has 0 spiro atoms. The molecule has 0 saturated heterocycles. The van der Waals surface area contributed by atoms with Crippen molar-refractivity contribution in [3.8, 4) is 0 Å². The lowest BCUT2D eigenvalue weighted by Crippen LogP contribution is -2.27. The van der Waals surface area contributed by atoms with Crippen LogP contribution in [0.2, 0.25) is 0 Å². The zero-order valence-electron chi connectivity index (χ0n) is 11.6. The third-order valence-corrected chi connectivity index (χ3v) is 3.95. The molecule has 1 saturated carbocycles. The maximum Gasteiger partial charge on any atom is 0.335 e. The summed E-state index contributed by atoms with van der Waals surface area (Å²) < 4.78 is 0. The number of carboxylic acid groups (broad SMARTS) is 1. The van der Waals surface area contributed by atoms with Gasteiger partial charge in [0.1, 0.15) is 0 Å². The largest absolute Gasteiger partial charge is 0.478 e. The first-order valence-corrected chi connectivity index (χ1v) is 7.24. The highest BCUT2D eigenvalue weighted by atomic mass is 16.4. The molecule has 1 aliphatic rings. The number of amides is 1. The molecule has 108 valence electrons. The van der Waals surface area contributed by atoms with E-state index in [0.717, 1.165) is 12.3 Å². The van der Waals surface area contributed by atoms with Crippen LogP contribution < -0.4 is 5.32 Å². The Balaban J connectivity index is 1.80. The Kier molecular flexibility index (Phi) is 5.16. The number of aromatic carboxylic acids is 1. The van der Waals surface area contributed by atoms with Crippen molar-refractivity contribution >= 4 is 11.9 Å². The van der Waals surface area contributed by atoms with Crippen molar-refractivity contribution in [3.63, 3.8) is 0 Å². The van der Waals surface area contributed by atoms with Gasteiger partial charge in [0, 0.05) is 6.54 Å². The zero-order chi connectivity index (χ0) is 14.4. The Morgan fingerprint density at radius 2 is 1.90 bits per heavy atom. The minimum absolute atomic E-state index is 0.100. The monoisotopic (exact) mass is 275 g/mol. The molecule has 0 radical (unpaired) electrons. The second kappa shape index (κ2) is 7.08. The van der Waals surface area contributed by atoms with E-state index >= 15 is 0 Å². The fraction of sp³-hybridized carbons (Fsp3) is 0.500. The lowest BCUT2D eigenvalue weighted by atomic mass is 10.0. The number of carbonyl (C=O) groups excluding carboxylic acids is 1. The summed E-state index contributed by atoms with van der Waals surface area (Å²) in [4.78, 5) is 22.9. The van der Waals surface area contributed by atoms with Gasteiger partial charge in [0.05, 0.1) is 12.0 Å². The van der Waals surface area contributed by atoms with Crippen molar-refractivity contribution in [2.45, 2.75) is 38.5 Å². The number of carboxylic acids is 1. The summed E-state index contributed by atoms with van der Waals surface area (Å²) >= 11 is 0. The van der Waals surface area contributed by atoms with E-state index in [4.69, 9.17) is 5.11 Å². The third kappa shape index (κ3) is 4.08. The standard InChI is InChI=1S/C16H21NO3/c18-15(17-10-9-12-5-1-2-6-12)11-13-7-3-4-8-14(13)16(19)20/h3-4,7-8,12H,1-2,5-6,9-11H2,(H,17,18)(H,19,20). The summed E-state index contributed by atoms with van der Waals surface area (Å²) in [5.41, 5.74) is 0.775. The second-order valence-electron chi connectivity index (χ2n) is 5.43. The Morgan fingerprint density at radius 3 is 2.60 bits per heavy atom. The van der Waals surface area contributed by atoms with Crippen molar-refractivity contribution in [3.05, 3.63) is 35.4 Å². The summed E-state index contributed by atoms with van der Waals surface area (Å²) in [5.74, 6) is -0.336. The Morgan fingerprint density at radius 1 is 1.20 bits per heavy atom. The average molecular weight is 275 g/mol. The molecule has 2 rings (SSSR count). The van der Waals surface area contributed by atoms with E-state index in [0.29, 0.717) is 12.1 Å². The molecule has 1 aromatic rings. The third-order valence-electron chi connectivity index (χ3n) is 3.95. The van der Waals surface area contributed by atoms with Crippen LogP contribution in [0.15, 0.2) is 24.3 Å². The van der Waals surface area contributed by atoms with E-state index in [1.165, 1.54) is 31.7 Å². The average Bonchev–Trinajstić information content (AvgIpc) is 2.92. The van der Waals surface area contributed by atoms with Gasteiger partial charge >= 0.3 is 5.97 Å². The van der Waals surface area contributed by atoms with E-state index in [-0.39, 0.29) is 17.9 Å². The first-order chi connectivity index (χ1) is 9.66. The van der Waals surface area contributed by atoms with Crippen molar-refractivity contribution in [1.29, 1.82) is 0 Å². The molecular formula is C16H21NO3. The second-order valence-corrected chi connectivity index (χ2v) is 5.43. The molecular weight excluding hydrogens is 254 g/mol. The molecule has 0 aromatic heterocycles. The Hall–Kier alpha value is -1.84. The summed E-state index contributed by atoms with van der Waals surface area (Å²) in [6.07, 6.45) is 6.34. The molecule has 0 heterocycles. The van der Waals surface area contributed by atoms with Crippen molar-refractivity contribution in [1.82, 2.24) is 5.32 Å². The van der Waals surface area contributed by atoms with E-state index < -0.39 is 5.97 Å². The first kappa shape index (κ1) is 14.6. The normalized spacial score (nSPS) is 15.2. The van der Waals surface area contributed by atoms with Gasteiger partial charge in [-0.3, -0.25) is 4.79 Å². The van der Waals surface area contributed by atoms with Crippen molar-refractivity contribution in [2.24, 2.45) is 5.92 Å². The fourth-order valence-corrected chi connectivity index (χ4v) is 2.83. The van der Waals surface area contributed by atoms with Crippen LogP contribution in [0.3, 0.4) is 0 Å². The maximum atomic E-state index is 11.9. The highest BCUT2D eigenvalue weighted by molar-refractivity contribution is 5.91. The van der Waals surface area contributed by atoms with Crippen molar-refractivity contribution < 1.29 is 14.7 Å². The number of carbonyl (C=O) groups is 2. The predicted molar refractivity (Wildman–Crippen MR) is 76.7 cm³/mol. The highest BCUT2D eigenvalue weighted by Gasteiger charge is 2.15. The Bertz CT molecular complexity index is 478. The summed E-state index contributed by atoms with van der Waals surface area (Å²) in [5, 5.41) is 12.0. The fourth-order valence-electron chi connectivity index (χ4n) is 2.83. The molecule has 0 unspecified atom stereocenters. The maximum absolute atomic E-state index is 11.9. The number of hydrogen-bond donors (Lipinski definition) is 2. The van der Waals surface area contributed by atoms with E-state index in [1.54, 1.807) is 18.2 Å². The topological polar surface area (TPSA) is 66.4 Å². The van der Waals surface area contributed by atoms with Gasteiger partial charge in [-0.25, -0.2) is 4.79 Å². The van der Waals surface area contributed by atoms with Crippen molar-refractivity contribution in [2.75, 3.05) is 6.54 Å². The van der Waals surface area contributed by atoms with Gasteiger partial charge in [0.25, 0.3) is 0 Å². The quantitative estimate of drug-likeness (QED) is 0.838. The smallest absolute Gasteiger partial charge is 0.335 e. The molecule has 1 amide bonds. The molecule has 1 aliphatic carbocycles. The van der Waals surface area contributed by atoms with Crippen LogP contribution in [-0.4, -0.2) is 23.5 Å². The van der Waals surface area contributed by atoms with Crippen LogP contribution in [0.4, 0.5) is 0 Å². The van der Waals surface area contributed by atoms with Crippen LogP contribution in [0, 0.1) is 5.92 Å². The summed E-state index contributed by atoms with van der Waals surface area (Å²) in [6.45, 7) is 0.693. The first-order valence-electron chi connectivity index (χ1n) is 7.24. The number of benzene rings is 1. The molecule has 4 heteroatoms. The van der Waals surface area contributed by atoms with E-state index in [9.17, 15) is 9.59 Å². The number of rotatable bonds is 6. The van der Waals surface area contributed by atoms with Crippen LogP contribution in [-0.2, 0) is 11.2 Å². The molecule has 0 bridgehead atoms. The van der Waals surface area contributed by atoms with Gasteiger partial charge < -0.3 is 10.4 Å². The summed E-state index contributed by atoms with van der Waals surface area (Å²) in [7, 11) is 0. The minimum atomic E-state index is -0.987. The van der Waals surface area contributed by atoms with Gasteiger partial charge in [0.2, 0.25) is 5.91 Å². The van der Waals surface area contributed by atoms with Crippen LogP contribution in [0.25, 0.3) is 0 Å². The van der Waals surface area contributed by atoms with Gasteiger partial charge in [-0.2, -0.15) is 0 Å². The van der Waals surface area contributed by atoms with E-state index in [1.807, 2.05) is 0 Å². The number of hydrogen-bond acceptors (Lipinski definition) is 2. The van der Waals surface area contributed by atoms with Crippen LogP contribution in [0.1, 0.15) is 48.0 Å². The number of nitrogens with one attached hydrogen (secondary N) is 1. The molecule has 20 heavy (non-hydrogen) atoms. The molecule has 1 fully saturated rings. The lowest BCUT2D eigenvalue weighted by Gasteiger charge is -2.10. The van der Waals surface area contributed by atoms with Gasteiger partial charge in [-0.1, -0.05) is 43.9 Å². The lowest BCUT2D eigenvalue weighted by molar-refractivity contribution is -0.120. The summed E-state index contributed by atoms with van der Waals surface area (Å²) in [6, 6.07) is 6.65. The molecule has 0 atom stereocenters. The molecule has 0 aliphatic heterocycles. The van der Waals surface area contributed by atoms with Crippen LogP contribution >= 0.6 is 0 Å². The van der Waals surface area contributed by atoms with Gasteiger partial charge in [-0.05, 0) is 24.0 Å². The van der Waals surface area contributed by atoms with Gasteiger partial charge in [-0.15, -0.1) is 0 Å². The molecule has 1 aromatic carbocycles. The Labute approximate surface area is 119 Å². The SMILES string of the molecule is O=C(Cc1ccccc1C(=O)O)NCCC1CCCC1. The van der Waals surface area contributed by atoms with Crippen LogP contribution in [0.5, 0.6) is 0 Å². The highest BCUT2D eigenvalue weighted by Crippen LogP contribution is 2.26.